The normalized spacial score (nSPS) is 25.1. The van der Waals surface area contributed by atoms with Gasteiger partial charge in [0.05, 0.1) is 18.4 Å². The van der Waals surface area contributed by atoms with E-state index < -0.39 is 0 Å². The van der Waals surface area contributed by atoms with Crippen molar-refractivity contribution in [2.24, 2.45) is 5.10 Å². The van der Waals surface area contributed by atoms with Gasteiger partial charge < -0.3 is 5.11 Å². The molecule has 1 aliphatic rings. The van der Waals surface area contributed by atoms with Crippen molar-refractivity contribution >= 4 is 6.21 Å². The Balaban J connectivity index is 1.96. The summed E-state index contributed by atoms with van der Waals surface area (Å²) in [6.07, 6.45) is 5.86. The third-order valence-electron chi connectivity index (χ3n) is 3.36. The van der Waals surface area contributed by atoms with Crippen LogP contribution in [0.3, 0.4) is 0 Å². The molecule has 1 aromatic carbocycles. The molecule has 1 aliphatic carbocycles. The summed E-state index contributed by atoms with van der Waals surface area (Å²) in [5.74, 6) is 0. The fourth-order valence-electron chi connectivity index (χ4n) is 2.31. The number of nitrogens with zero attached hydrogens (tertiary/aromatic N) is 2. The van der Waals surface area contributed by atoms with Crippen LogP contribution < -0.4 is 0 Å². The summed E-state index contributed by atoms with van der Waals surface area (Å²) in [5, 5.41) is 16.2. The molecule has 1 aromatic rings. The first kappa shape index (κ1) is 12.1. The Bertz CT molecular complexity index is 364. The molecule has 0 aromatic heterocycles. The van der Waals surface area contributed by atoms with Gasteiger partial charge in [0.2, 0.25) is 0 Å². The molecule has 0 heterocycles. The highest BCUT2D eigenvalue weighted by Gasteiger charge is 2.25. The van der Waals surface area contributed by atoms with E-state index in [1.807, 2.05) is 48.6 Å². The van der Waals surface area contributed by atoms with Crippen molar-refractivity contribution in [3.05, 3.63) is 35.9 Å². The summed E-state index contributed by atoms with van der Waals surface area (Å²) in [4.78, 5) is 0. The third kappa shape index (κ3) is 3.30. The Kier molecular flexibility index (Phi) is 4.15. The Hall–Kier alpha value is -1.35. The molecule has 1 saturated carbocycles. The number of aliphatic hydroxyl groups excluding tert-OH is 1. The fraction of sp³-hybridized carbons (Fsp3) is 0.500. The molecule has 1 fully saturated rings. The van der Waals surface area contributed by atoms with E-state index in [1.54, 1.807) is 0 Å². The van der Waals surface area contributed by atoms with Crippen molar-refractivity contribution in [1.29, 1.82) is 0 Å². The first-order valence-corrected chi connectivity index (χ1v) is 6.27. The number of hydrogen-bond donors (Lipinski definition) is 1. The summed E-state index contributed by atoms with van der Waals surface area (Å²) < 4.78 is 0. The van der Waals surface area contributed by atoms with Crippen LogP contribution in [0.5, 0.6) is 0 Å². The van der Waals surface area contributed by atoms with Gasteiger partial charge in [0, 0.05) is 7.05 Å². The van der Waals surface area contributed by atoms with Gasteiger partial charge >= 0.3 is 0 Å². The lowest BCUT2D eigenvalue weighted by Gasteiger charge is -2.33. The van der Waals surface area contributed by atoms with Gasteiger partial charge in [-0.1, -0.05) is 43.2 Å². The Morgan fingerprint density at radius 2 is 1.94 bits per heavy atom. The first-order chi connectivity index (χ1) is 8.27. The molecular formula is C14H20N2O. The van der Waals surface area contributed by atoms with Crippen LogP contribution in [0.25, 0.3) is 0 Å². The maximum absolute atomic E-state index is 9.92. The van der Waals surface area contributed by atoms with E-state index in [4.69, 9.17) is 0 Å². The van der Waals surface area contributed by atoms with Gasteiger partial charge in [0.1, 0.15) is 0 Å². The zero-order valence-electron chi connectivity index (χ0n) is 10.3. The topological polar surface area (TPSA) is 35.8 Å². The Morgan fingerprint density at radius 1 is 1.24 bits per heavy atom. The summed E-state index contributed by atoms with van der Waals surface area (Å²) >= 11 is 0. The number of rotatable bonds is 3. The van der Waals surface area contributed by atoms with E-state index in [2.05, 4.69) is 5.10 Å². The summed E-state index contributed by atoms with van der Waals surface area (Å²) in [6, 6.07) is 10.2. The zero-order valence-corrected chi connectivity index (χ0v) is 10.3. The lowest BCUT2D eigenvalue weighted by molar-refractivity contribution is 0.0338. The van der Waals surface area contributed by atoms with E-state index in [0.29, 0.717) is 0 Å². The zero-order chi connectivity index (χ0) is 12.1. The van der Waals surface area contributed by atoms with Crippen LogP contribution in [0.2, 0.25) is 0 Å². The summed E-state index contributed by atoms with van der Waals surface area (Å²) in [6.45, 7) is 0. The summed E-state index contributed by atoms with van der Waals surface area (Å²) in [7, 11) is 1.94. The fourth-order valence-corrected chi connectivity index (χ4v) is 2.31. The molecule has 0 unspecified atom stereocenters. The van der Waals surface area contributed by atoms with Crippen molar-refractivity contribution in [1.82, 2.24) is 5.01 Å². The highest BCUT2D eigenvalue weighted by atomic mass is 16.3. The third-order valence-corrected chi connectivity index (χ3v) is 3.36. The number of hydrazone groups is 1. The van der Waals surface area contributed by atoms with Gasteiger partial charge in [0.15, 0.2) is 0 Å². The molecule has 3 nitrogen and oxygen atoms in total. The van der Waals surface area contributed by atoms with Crippen molar-refractivity contribution in [3.8, 4) is 0 Å². The average Bonchev–Trinajstić information content (AvgIpc) is 2.38. The standard InChI is InChI=1S/C14H20N2O/c1-16(13-9-5-6-10-14(13)17)15-11-12-7-3-2-4-8-12/h2-4,7-8,11,13-14,17H,5-6,9-10H2,1H3/b15-11+/t13-,14-/m1/s1. The highest BCUT2D eigenvalue weighted by Crippen LogP contribution is 2.22. The van der Waals surface area contributed by atoms with Crippen LogP contribution >= 0.6 is 0 Å². The van der Waals surface area contributed by atoms with Gasteiger partial charge in [-0.15, -0.1) is 0 Å². The molecule has 2 rings (SSSR count). The molecule has 0 aliphatic heterocycles. The predicted molar refractivity (Wildman–Crippen MR) is 70.1 cm³/mol. The SMILES string of the molecule is CN(/N=C/c1ccccc1)[C@@H]1CCCC[C@H]1O. The summed E-state index contributed by atoms with van der Waals surface area (Å²) in [5.41, 5.74) is 1.09. The van der Waals surface area contributed by atoms with Crippen LogP contribution in [-0.4, -0.2) is 35.5 Å². The van der Waals surface area contributed by atoms with Crippen molar-refractivity contribution in [2.45, 2.75) is 37.8 Å². The van der Waals surface area contributed by atoms with E-state index in [1.165, 1.54) is 6.42 Å². The number of benzene rings is 1. The largest absolute Gasteiger partial charge is 0.391 e. The van der Waals surface area contributed by atoms with Crippen molar-refractivity contribution in [3.63, 3.8) is 0 Å². The molecule has 2 atom stereocenters. The van der Waals surface area contributed by atoms with E-state index in [9.17, 15) is 5.11 Å². The van der Waals surface area contributed by atoms with E-state index in [0.717, 1.165) is 24.8 Å². The molecule has 0 radical (unpaired) electrons. The van der Waals surface area contributed by atoms with Crippen LogP contribution in [0.4, 0.5) is 0 Å². The van der Waals surface area contributed by atoms with Crippen LogP contribution in [0, 0.1) is 0 Å². The molecule has 17 heavy (non-hydrogen) atoms. The van der Waals surface area contributed by atoms with Crippen molar-refractivity contribution in [2.75, 3.05) is 7.05 Å². The van der Waals surface area contributed by atoms with Crippen LogP contribution in [-0.2, 0) is 0 Å². The smallest absolute Gasteiger partial charge is 0.0759 e. The molecule has 0 amide bonds. The van der Waals surface area contributed by atoms with Gasteiger partial charge in [-0.2, -0.15) is 5.10 Å². The molecule has 0 saturated heterocycles. The predicted octanol–water partition coefficient (Wildman–Crippen LogP) is 2.26. The molecular weight excluding hydrogens is 212 g/mol. The second kappa shape index (κ2) is 5.82. The molecule has 3 heteroatoms. The lowest BCUT2D eigenvalue weighted by Crippen LogP contribution is -2.40. The molecule has 0 spiro atoms. The second-order valence-electron chi connectivity index (χ2n) is 4.65. The Labute approximate surface area is 103 Å². The number of aliphatic hydroxyl groups is 1. The van der Waals surface area contributed by atoms with E-state index >= 15 is 0 Å². The second-order valence-corrected chi connectivity index (χ2v) is 4.65. The number of hydrogen-bond acceptors (Lipinski definition) is 3. The van der Waals surface area contributed by atoms with Gasteiger partial charge in [-0.25, -0.2) is 0 Å². The Morgan fingerprint density at radius 3 is 2.65 bits per heavy atom. The quantitative estimate of drug-likeness (QED) is 0.641. The number of likely N-dealkylation sites (N-methyl/N-ethyl adjacent to an activating group) is 1. The molecule has 1 N–H and O–H groups in total. The van der Waals surface area contributed by atoms with Crippen LogP contribution in [0.1, 0.15) is 31.2 Å². The first-order valence-electron chi connectivity index (χ1n) is 6.27. The maximum atomic E-state index is 9.92. The van der Waals surface area contributed by atoms with Crippen molar-refractivity contribution < 1.29 is 5.11 Å². The van der Waals surface area contributed by atoms with E-state index in [-0.39, 0.29) is 12.1 Å². The highest BCUT2D eigenvalue weighted by molar-refractivity contribution is 5.79. The van der Waals surface area contributed by atoms with Crippen LogP contribution in [0.15, 0.2) is 35.4 Å². The van der Waals surface area contributed by atoms with Gasteiger partial charge in [-0.3, -0.25) is 5.01 Å². The minimum Gasteiger partial charge on any atom is -0.391 e. The van der Waals surface area contributed by atoms with Gasteiger partial charge in [-0.05, 0) is 18.4 Å². The minimum absolute atomic E-state index is 0.170. The average molecular weight is 232 g/mol. The lowest BCUT2D eigenvalue weighted by atomic mass is 9.92. The van der Waals surface area contributed by atoms with Gasteiger partial charge in [0.25, 0.3) is 0 Å². The maximum Gasteiger partial charge on any atom is 0.0759 e. The monoisotopic (exact) mass is 232 g/mol. The molecule has 0 bridgehead atoms. The minimum atomic E-state index is -0.235. The molecule has 92 valence electrons.